The Kier molecular flexibility index (Phi) is 6.67. The molecule has 1 fully saturated rings. The van der Waals surface area contributed by atoms with Gasteiger partial charge in [-0.3, -0.25) is 14.7 Å². The maximum Gasteiger partial charge on any atom is 0.274 e. The zero-order chi connectivity index (χ0) is 21.7. The number of halogens is 1. The second-order valence-corrected chi connectivity index (χ2v) is 8.18. The molecule has 1 saturated carbocycles. The Balaban J connectivity index is 1.54. The van der Waals surface area contributed by atoms with Crippen LogP contribution < -0.4 is 10.9 Å². The predicted molar refractivity (Wildman–Crippen MR) is 118 cm³/mol. The molecule has 2 aromatic heterocycles. The van der Waals surface area contributed by atoms with E-state index in [4.69, 9.17) is 16.3 Å². The van der Waals surface area contributed by atoms with E-state index in [2.05, 4.69) is 20.4 Å². The first kappa shape index (κ1) is 21.5. The molecule has 9 heteroatoms. The van der Waals surface area contributed by atoms with Crippen LogP contribution in [-0.4, -0.2) is 43.5 Å². The standard InChI is InChI=1S/C22H26ClN5O3/c23-12-7-13-24-20(30)22(10-5-2-6-11-22)31-15-17-14-18(29)28-21(25-17)26-19(27-28)16-8-3-1-4-9-16/h1,3-4,8-9,14H,2,5-7,10-13,15H2,(H,24,30)(H,25,26,27). The van der Waals surface area contributed by atoms with Crippen molar-refractivity contribution in [2.45, 2.75) is 50.7 Å². The molecular weight excluding hydrogens is 418 g/mol. The van der Waals surface area contributed by atoms with E-state index in [9.17, 15) is 9.59 Å². The SMILES string of the molecule is O=C(NCCCCl)C1(OCc2cc(=O)n3[nH]c(-c4ccccc4)nc3n2)CCCCC1. The molecule has 2 N–H and O–H groups in total. The summed E-state index contributed by atoms with van der Waals surface area (Å²) < 4.78 is 7.46. The maximum atomic E-state index is 12.9. The predicted octanol–water partition coefficient (Wildman–Crippen LogP) is 3.05. The Morgan fingerprint density at radius 2 is 1.97 bits per heavy atom. The van der Waals surface area contributed by atoms with Crippen molar-refractivity contribution in [3.05, 3.63) is 52.4 Å². The van der Waals surface area contributed by atoms with E-state index in [1.807, 2.05) is 30.3 Å². The van der Waals surface area contributed by atoms with Gasteiger partial charge in [-0.1, -0.05) is 49.6 Å². The summed E-state index contributed by atoms with van der Waals surface area (Å²) in [6, 6.07) is 10.9. The fraction of sp³-hybridized carbons (Fsp3) is 0.455. The lowest BCUT2D eigenvalue weighted by Gasteiger charge is -2.35. The average molecular weight is 444 g/mol. The quantitative estimate of drug-likeness (QED) is 0.411. The number of carbonyl (C=O) groups excluding carboxylic acids is 1. The molecule has 1 aromatic carbocycles. The summed E-state index contributed by atoms with van der Waals surface area (Å²) in [5, 5.41) is 5.92. The first-order valence-corrected chi connectivity index (χ1v) is 11.2. The summed E-state index contributed by atoms with van der Waals surface area (Å²) >= 11 is 5.72. The van der Waals surface area contributed by atoms with Crippen LogP contribution in [0.15, 0.2) is 41.2 Å². The smallest absolute Gasteiger partial charge is 0.274 e. The summed E-state index contributed by atoms with van der Waals surface area (Å²) in [5.74, 6) is 1.22. The zero-order valence-electron chi connectivity index (χ0n) is 17.3. The van der Waals surface area contributed by atoms with Gasteiger partial charge in [-0.15, -0.1) is 11.6 Å². The molecular formula is C22H26ClN5O3. The molecule has 1 amide bonds. The number of hydrogen-bond acceptors (Lipinski definition) is 5. The fourth-order valence-corrected chi connectivity index (χ4v) is 4.06. The molecule has 1 aliphatic rings. The minimum atomic E-state index is -0.891. The number of aromatic amines is 1. The molecule has 0 spiro atoms. The van der Waals surface area contributed by atoms with Crippen LogP contribution in [0.2, 0.25) is 0 Å². The maximum absolute atomic E-state index is 12.9. The molecule has 0 bridgehead atoms. The van der Waals surface area contributed by atoms with E-state index in [1.165, 1.54) is 10.6 Å². The highest BCUT2D eigenvalue weighted by atomic mass is 35.5. The van der Waals surface area contributed by atoms with E-state index in [-0.39, 0.29) is 23.9 Å². The molecule has 8 nitrogen and oxygen atoms in total. The van der Waals surface area contributed by atoms with Gasteiger partial charge in [0.2, 0.25) is 0 Å². The molecule has 2 heterocycles. The third-order valence-electron chi connectivity index (χ3n) is 5.60. The van der Waals surface area contributed by atoms with Gasteiger partial charge in [-0.25, -0.2) is 4.98 Å². The van der Waals surface area contributed by atoms with Gasteiger partial charge in [-0.2, -0.15) is 9.50 Å². The minimum Gasteiger partial charge on any atom is -0.359 e. The summed E-state index contributed by atoms with van der Waals surface area (Å²) in [7, 11) is 0. The Hall–Kier alpha value is -2.71. The third-order valence-corrected chi connectivity index (χ3v) is 5.87. The van der Waals surface area contributed by atoms with Crippen LogP contribution in [0.1, 0.15) is 44.2 Å². The molecule has 0 radical (unpaired) electrons. The first-order chi connectivity index (χ1) is 15.1. The molecule has 0 saturated heterocycles. The lowest BCUT2D eigenvalue weighted by molar-refractivity contribution is -0.154. The van der Waals surface area contributed by atoms with E-state index in [1.54, 1.807) is 0 Å². The van der Waals surface area contributed by atoms with Crippen LogP contribution in [0.25, 0.3) is 17.2 Å². The number of carbonyl (C=O) groups is 1. The monoisotopic (exact) mass is 443 g/mol. The Morgan fingerprint density at radius 1 is 1.19 bits per heavy atom. The number of H-pyrrole nitrogens is 1. The molecule has 0 aliphatic heterocycles. The number of alkyl halides is 1. The van der Waals surface area contributed by atoms with Crippen molar-refractivity contribution in [1.82, 2.24) is 24.9 Å². The van der Waals surface area contributed by atoms with E-state index < -0.39 is 5.60 Å². The van der Waals surface area contributed by atoms with Crippen LogP contribution in [0, 0.1) is 0 Å². The van der Waals surface area contributed by atoms with Gasteiger partial charge in [0.25, 0.3) is 17.2 Å². The number of nitrogens with one attached hydrogen (secondary N) is 2. The zero-order valence-corrected chi connectivity index (χ0v) is 18.0. The van der Waals surface area contributed by atoms with Crippen molar-refractivity contribution in [1.29, 1.82) is 0 Å². The average Bonchev–Trinajstić information content (AvgIpc) is 3.24. The van der Waals surface area contributed by atoms with Gasteiger partial charge in [0.05, 0.1) is 12.3 Å². The fourth-order valence-electron chi connectivity index (χ4n) is 3.93. The van der Waals surface area contributed by atoms with E-state index >= 15 is 0 Å². The van der Waals surface area contributed by atoms with E-state index in [0.29, 0.717) is 43.2 Å². The van der Waals surface area contributed by atoms with Crippen LogP contribution in [0.3, 0.4) is 0 Å². The number of ether oxygens (including phenoxy) is 1. The number of hydrogen-bond donors (Lipinski definition) is 2. The van der Waals surface area contributed by atoms with E-state index in [0.717, 1.165) is 24.8 Å². The number of rotatable bonds is 8. The normalized spacial score (nSPS) is 15.8. The van der Waals surface area contributed by atoms with Crippen molar-refractivity contribution in [3.8, 4) is 11.4 Å². The minimum absolute atomic E-state index is 0.0716. The van der Waals surface area contributed by atoms with Crippen molar-refractivity contribution in [3.63, 3.8) is 0 Å². The second-order valence-electron chi connectivity index (χ2n) is 7.80. The van der Waals surface area contributed by atoms with Gasteiger partial charge in [-0.05, 0) is 19.3 Å². The number of fused-ring (bicyclic) bond motifs is 1. The van der Waals surface area contributed by atoms with Crippen LogP contribution in [0.4, 0.5) is 0 Å². The second kappa shape index (κ2) is 9.62. The lowest BCUT2D eigenvalue weighted by atomic mass is 9.83. The topological polar surface area (TPSA) is 101 Å². The molecule has 3 aromatic rings. The summed E-state index contributed by atoms with van der Waals surface area (Å²) in [5.41, 5.74) is 0.148. The van der Waals surface area contributed by atoms with Crippen molar-refractivity contribution in [2.75, 3.05) is 12.4 Å². The largest absolute Gasteiger partial charge is 0.359 e. The summed E-state index contributed by atoms with van der Waals surface area (Å²) in [6.45, 7) is 0.594. The molecule has 164 valence electrons. The van der Waals surface area contributed by atoms with Gasteiger partial charge in [0.15, 0.2) is 5.82 Å². The van der Waals surface area contributed by atoms with Gasteiger partial charge in [0, 0.05) is 24.1 Å². The molecule has 1 aliphatic carbocycles. The molecule has 31 heavy (non-hydrogen) atoms. The Bertz CT molecular complexity index is 1090. The van der Waals surface area contributed by atoms with Crippen molar-refractivity contribution >= 4 is 23.3 Å². The highest BCUT2D eigenvalue weighted by molar-refractivity contribution is 6.17. The van der Waals surface area contributed by atoms with Crippen LogP contribution in [-0.2, 0) is 16.1 Å². The molecule has 4 rings (SSSR count). The third kappa shape index (κ3) is 4.80. The number of aromatic nitrogens is 4. The molecule has 0 atom stereocenters. The first-order valence-electron chi connectivity index (χ1n) is 10.6. The summed E-state index contributed by atoms with van der Waals surface area (Å²) in [6.07, 6.45) is 4.96. The number of amides is 1. The van der Waals surface area contributed by atoms with Crippen LogP contribution in [0.5, 0.6) is 0 Å². The number of nitrogens with zero attached hydrogens (tertiary/aromatic N) is 3. The van der Waals surface area contributed by atoms with Crippen molar-refractivity contribution < 1.29 is 9.53 Å². The Morgan fingerprint density at radius 3 is 2.71 bits per heavy atom. The van der Waals surface area contributed by atoms with Crippen molar-refractivity contribution in [2.24, 2.45) is 0 Å². The number of benzene rings is 1. The van der Waals surface area contributed by atoms with Gasteiger partial charge >= 0.3 is 0 Å². The summed E-state index contributed by atoms with van der Waals surface area (Å²) in [4.78, 5) is 34.4. The van der Waals surface area contributed by atoms with Gasteiger partial charge < -0.3 is 10.1 Å². The molecule has 0 unspecified atom stereocenters. The highest BCUT2D eigenvalue weighted by Gasteiger charge is 2.40. The lowest BCUT2D eigenvalue weighted by Crippen LogP contribution is -2.50. The Labute approximate surface area is 185 Å². The highest BCUT2D eigenvalue weighted by Crippen LogP contribution is 2.32. The van der Waals surface area contributed by atoms with Crippen LogP contribution >= 0.6 is 11.6 Å². The van der Waals surface area contributed by atoms with Gasteiger partial charge in [0.1, 0.15) is 5.60 Å².